The summed E-state index contributed by atoms with van der Waals surface area (Å²) in [4.78, 5) is 22.7. The van der Waals surface area contributed by atoms with E-state index in [4.69, 9.17) is 0 Å². The number of nitrogens with zero attached hydrogens (tertiary/aromatic N) is 3. The first-order valence-corrected chi connectivity index (χ1v) is 7.68. The average molecular weight is 292 g/mol. The fraction of sp³-hybridized carbons (Fsp3) is 0.667. The van der Waals surface area contributed by atoms with Crippen molar-refractivity contribution in [2.24, 2.45) is 5.92 Å². The van der Waals surface area contributed by atoms with Crippen LogP contribution in [0.2, 0.25) is 0 Å². The van der Waals surface area contributed by atoms with Crippen LogP contribution >= 0.6 is 0 Å². The van der Waals surface area contributed by atoms with Crippen molar-refractivity contribution in [2.45, 2.75) is 38.7 Å². The minimum absolute atomic E-state index is 0.0590. The van der Waals surface area contributed by atoms with Crippen LogP contribution in [0.4, 0.5) is 5.95 Å². The lowest BCUT2D eigenvalue weighted by molar-refractivity contribution is -0.125. The number of hydrogen-bond donors (Lipinski definition) is 2. The minimum Gasteiger partial charge on any atom is -0.393 e. The number of aliphatic hydroxyl groups excluding tert-OH is 1. The van der Waals surface area contributed by atoms with Crippen molar-refractivity contribution in [3.8, 4) is 0 Å². The van der Waals surface area contributed by atoms with Crippen molar-refractivity contribution in [3.63, 3.8) is 0 Å². The third-order valence-corrected chi connectivity index (χ3v) is 3.95. The third-order valence-electron chi connectivity index (χ3n) is 3.95. The van der Waals surface area contributed by atoms with Gasteiger partial charge in [0.2, 0.25) is 11.9 Å². The molecule has 1 fully saturated rings. The highest BCUT2D eigenvalue weighted by Gasteiger charge is 2.25. The highest BCUT2D eigenvalue weighted by atomic mass is 16.3. The zero-order chi connectivity index (χ0) is 15.1. The monoisotopic (exact) mass is 292 g/mol. The molecule has 0 spiro atoms. The summed E-state index contributed by atoms with van der Waals surface area (Å²) in [6.07, 6.45) is 6.15. The molecule has 1 atom stereocenters. The van der Waals surface area contributed by atoms with Crippen molar-refractivity contribution in [1.82, 2.24) is 15.3 Å². The van der Waals surface area contributed by atoms with Crippen LogP contribution in [0.5, 0.6) is 0 Å². The van der Waals surface area contributed by atoms with Crippen LogP contribution in [0.15, 0.2) is 18.5 Å². The first kappa shape index (κ1) is 15.7. The van der Waals surface area contributed by atoms with Gasteiger partial charge in [-0.2, -0.15) is 0 Å². The topological polar surface area (TPSA) is 78.4 Å². The normalized spacial score (nSPS) is 17.5. The van der Waals surface area contributed by atoms with Crippen molar-refractivity contribution < 1.29 is 9.90 Å². The molecule has 116 valence electrons. The summed E-state index contributed by atoms with van der Waals surface area (Å²) in [5, 5.41) is 12.4. The molecular formula is C15H24N4O2. The average Bonchev–Trinajstić information content (AvgIpc) is 2.55. The third kappa shape index (κ3) is 4.67. The second kappa shape index (κ2) is 7.93. The molecule has 1 amide bonds. The van der Waals surface area contributed by atoms with Gasteiger partial charge in [-0.1, -0.05) is 6.92 Å². The molecule has 21 heavy (non-hydrogen) atoms. The number of aliphatic hydroxyl groups is 1. The van der Waals surface area contributed by atoms with Crippen molar-refractivity contribution in [2.75, 3.05) is 24.5 Å². The Kier molecular flexibility index (Phi) is 5.92. The largest absolute Gasteiger partial charge is 0.393 e. The van der Waals surface area contributed by atoms with Gasteiger partial charge in [-0.25, -0.2) is 9.97 Å². The van der Waals surface area contributed by atoms with E-state index in [9.17, 15) is 9.90 Å². The fourth-order valence-corrected chi connectivity index (χ4v) is 2.51. The highest BCUT2D eigenvalue weighted by Crippen LogP contribution is 2.20. The van der Waals surface area contributed by atoms with E-state index in [-0.39, 0.29) is 17.9 Å². The van der Waals surface area contributed by atoms with Gasteiger partial charge in [0.15, 0.2) is 0 Å². The van der Waals surface area contributed by atoms with Crippen LogP contribution < -0.4 is 10.2 Å². The van der Waals surface area contributed by atoms with Crippen LogP contribution in [0, 0.1) is 5.92 Å². The molecule has 6 nitrogen and oxygen atoms in total. The van der Waals surface area contributed by atoms with Crippen LogP contribution in [-0.2, 0) is 4.79 Å². The number of amides is 1. The summed E-state index contributed by atoms with van der Waals surface area (Å²) in [5.41, 5.74) is 0. The maximum absolute atomic E-state index is 12.1. The van der Waals surface area contributed by atoms with Gasteiger partial charge in [-0.15, -0.1) is 0 Å². The Morgan fingerprint density at radius 3 is 2.71 bits per heavy atom. The molecule has 2 N–H and O–H groups in total. The van der Waals surface area contributed by atoms with Gasteiger partial charge >= 0.3 is 0 Å². The van der Waals surface area contributed by atoms with Gasteiger partial charge in [0.1, 0.15) is 0 Å². The smallest absolute Gasteiger partial charge is 0.225 e. The lowest BCUT2D eigenvalue weighted by Gasteiger charge is -2.31. The molecular weight excluding hydrogens is 268 g/mol. The van der Waals surface area contributed by atoms with Gasteiger partial charge in [0.25, 0.3) is 0 Å². The van der Waals surface area contributed by atoms with Crippen LogP contribution in [0.25, 0.3) is 0 Å². The van der Waals surface area contributed by atoms with Crippen molar-refractivity contribution in [3.05, 3.63) is 18.5 Å². The van der Waals surface area contributed by atoms with Gasteiger partial charge in [-0.05, 0) is 31.7 Å². The first-order valence-electron chi connectivity index (χ1n) is 7.68. The number of carbonyl (C=O) groups is 1. The maximum atomic E-state index is 12.1. The molecule has 0 aromatic carbocycles. The first-order chi connectivity index (χ1) is 10.2. The molecule has 0 saturated carbocycles. The molecule has 1 aromatic heterocycles. The Morgan fingerprint density at radius 2 is 2.10 bits per heavy atom. The number of rotatable bonds is 6. The molecule has 0 aliphatic carbocycles. The number of aromatic nitrogens is 2. The van der Waals surface area contributed by atoms with E-state index < -0.39 is 0 Å². The quantitative estimate of drug-likeness (QED) is 0.817. The van der Waals surface area contributed by atoms with Crippen LogP contribution in [0.3, 0.4) is 0 Å². The summed E-state index contributed by atoms with van der Waals surface area (Å²) in [5.74, 6) is 0.901. The predicted octanol–water partition coefficient (Wildman–Crippen LogP) is 0.970. The zero-order valence-electron chi connectivity index (χ0n) is 12.5. The number of anilines is 1. The molecule has 6 heteroatoms. The second-order valence-electron chi connectivity index (χ2n) is 5.45. The lowest BCUT2D eigenvalue weighted by atomic mass is 9.96. The van der Waals surface area contributed by atoms with Gasteiger partial charge in [-0.3, -0.25) is 4.79 Å². The number of carbonyl (C=O) groups excluding carboxylic acids is 1. The molecule has 1 unspecified atom stereocenters. The molecule has 0 radical (unpaired) electrons. The second-order valence-corrected chi connectivity index (χ2v) is 5.45. The van der Waals surface area contributed by atoms with Crippen LogP contribution in [0.1, 0.15) is 32.6 Å². The van der Waals surface area contributed by atoms with E-state index in [0.717, 1.165) is 38.3 Å². The van der Waals surface area contributed by atoms with E-state index in [1.54, 1.807) is 18.5 Å². The molecule has 1 aliphatic heterocycles. The summed E-state index contributed by atoms with van der Waals surface area (Å²) in [6, 6.07) is 1.80. The molecule has 1 aliphatic rings. The molecule has 2 rings (SSSR count). The maximum Gasteiger partial charge on any atom is 0.225 e. The molecule has 0 bridgehead atoms. The summed E-state index contributed by atoms with van der Waals surface area (Å²) in [7, 11) is 0. The molecule has 1 saturated heterocycles. The van der Waals surface area contributed by atoms with Crippen LogP contribution in [-0.4, -0.2) is 46.7 Å². The molecule has 2 heterocycles. The number of nitrogens with one attached hydrogen (secondary N) is 1. The van der Waals surface area contributed by atoms with E-state index in [1.807, 2.05) is 6.92 Å². The van der Waals surface area contributed by atoms with Crippen molar-refractivity contribution >= 4 is 11.9 Å². The summed E-state index contributed by atoms with van der Waals surface area (Å²) >= 11 is 0. The standard InChI is InChI=1S/C15H24N4O2/c1-2-13(20)4-9-16-14(21)12-5-10-19(11-6-12)15-17-7-3-8-18-15/h3,7-8,12-13,20H,2,4-6,9-11H2,1H3,(H,16,21). The number of hydrogen-bond acceptors (Lipinski definition) is 5. The number of piperidine rings is 1. The molecule has 1 aromatic rings. The fourth-order valence-electron chi connectivity index (χ4n) is 2.51. The van der Waals surface area contributed by atoms with E-state index >= 15 is 0 Å². The van der Waals surface area contributed by atoms with E-state index in [2.05, 4.69) is 20.2 Å². The summed E-state index contributed by atoms with van der Waals surface area (Å²) in [6.45, 7) is 4.10. The van der Waals surface area contributed by atoms with Gasteiger partial charge < -0.3 is 15.3 Å². The Hall–Kier alpha value is -1.69. The van der Waals surface area contributed by atoms with Crippen molar-refractivity contribution in [1.29, 1.82) is 0 Å². The van der Waals surface area contributed by atoms with Gasteiger partial charge in [0, 0.05) is 37.9 Å². The SMILES string of the molecule is CCC(O)CCNC(=O)C1CCN(c2ncccn2)CC1. The Labute approximate surface area is 125 Å². The highest BCUT2D eigenvalue weighted by molar-refractivity contribution is 5.78. The predicted molar refractivity (Wildman–Crippen MR) is 80.9 cm³/mol. The summed E-state index contributed by atoms with van der Waals surface area (Å²) < 4.78 is 0. The minimum atomic E-state index is -0.317. The van der Waals surface area contributed by atoms with Gasteiger partial charge in [0.05, 0.1) is 6.10 Å². The Morgan fingerprint density at radius 1 is 1.43 bits per heavy atom. The zero-order valence-corrected chi connectivity index (χ0v) is 12.5. The lowest BCUT2D eigenvalue weighted by Crippen LogP contribution is -2.41. The Bertz CT molecular complexity index is 433. The van der Waals surface area contributed by atoms with E-state index in [0.29, 0.717) is 13.0 Å². The Balaban J connectivity index is 1.72. The van der Waals surface area contributed by atoms with E-state index in [1.165, 1.54) is 0 Å².